The molecule has 1 aliphatic rings. The van der Waals surface area contributed by atoms with Crippen LogP contribution in [0.25, 0.3) is 0 Å². The normalized spacial score (nSPS) is 16.9. The summed E-state index contributed by atoms with van der Waals surface area (Å²) in [5.41, 5.74) is 0.481. The molecule has 110 valence electrons. The van der Waals surface area contributed by atoms with Gasteiger partial charge in [0.25, 0.3) is 9.05 Å². The maximum atomic E-state index is 12.1. The van der Waals surface area contributed by atoms with Crippen LogP contribution in [-0.2, 0) is 13.8 Å². The van der Waals surface area contributed by atoms with Crippen LogP contribution in [0, 0.1) is 5.92 Å². The first-order valence-corrected chi connectivity index (χ1v) is 9.12. The molecule has 0 unspecified atom stereocenters. The Morgan fingerprint density at radius 3 is 2.40 bits per heavy atom. The number of rotatable bonds is 3. The van der Waals surface area contributed by atoms with Gasteiger partial charge in [-0.05, 0) is 31.0 Å². The van der Waals surface area contributed by atoms with Gasteiger partial charge in [0.05, 0.1) is 5.02 Å². The average Bonchev–Trinajstić information content (AvgIpc) is 2.38. The second-order valence-electron chi connectivity index (χ2n) is 4.91. The summed E-state index contributed by atoms with van der Waals surface area (Å²) in [5, 5.41) is 2.77. The Morgan fingerprint density at radius 1 is 1.20 bits per heavy atom. The zero-order valence-electron chi connectivity index (χ0n) is 10.7. The minimum absolute atomic E-state index is 0.00134. The second-order valence-corrected chi connectivity index (χ2v) is 7.85. The van der Waals surface area contributed by atoms with Gasteiger partial charge in [0, 0.05) is 22.3 Å². The Hall–Kier alpha value is -0.780. The fourth-order valence-electron chi connectivity index (χ4n) is 2.39. The molecule has 0 saturated heterocycles. The van der Waals surface area contributed by atoms with Gasteiger partial charge in [-0.25, -0.2) is 8.42 Å². The highest BCUT2D eigenvalue weighted by Crippen LogP contribution is 2.29. The van der Waals surface area contributed by atoms with E-state index in [4.69, 9.17) is 22.3 Å². The predicted octanol–water partition coefficient (Wildman–Crippen LogP) is 3.79. The van der Waals surface area contributed by atoms with Gasteiger partial charge < -0.3 is 5.32 Å². The van der Waals surface area contributed by atoms with Crippen molar-refractivity contribution in [2.24, 2.45) is 5.92 Å². The van der Waals surface area contributed by atoms with Gasteiger partial charge in [-0.2, -0.15) is 0 Å². The third kappa shape index (κ3) is 3.87. The molecule has 0 aromatic heterocycles. The fourth-order valence-corrected chi connectivity index (χ4v) is 3.92. The summed E-state index contributed by atoms with van der Waals surface area (Å²) >= 11 is 5.87. The molecule has 0 atom stereocenters. The molecule has 1 aromatic carbocycles. The van der Waals surface area contributed by atoms with Crippen LogP contribution < -0.4 is 5.32 Å². The van der Waals surface area contributed by atoms with Crippen LogP contribution >= 0.6 is 22.3 Å². The number of halogens is 2. The van der Waals surface area contributed by atoms with Crippen LogP contribution in [0.5, 0.6) is 0 Å². The molecule has 20 heavy (non-hydrogen) atoms. The van der Waals surface area contributed by atoms with E-state index in [1.54, 1.807) is 0 Å². The fraction of sp³-hybridized carbons (Fsp3) is 0.462. The highest BCUT2D eigenvalue weighted by molar-refractivity contribution is 8.13. The second kappa shape index (κ2) is 6.33. The van der Waals surface area contributed by atoms with Gasteiger partial charge in [0.15, 0.2) is 0 Å². The molecule has 4 nitrogen and oxygen atoms in total. The summed E-state index contributed by atoms with van der Waals surface area (Å²) in [7, 11) is 1.37. The summed E-state index contributed by atoms with van der Waals surface area (Å²) in [6, 6.07) is 4.18. The lowest BCUT2D eigenvalue weighted by molar-refractivity contribution is -0.120. The van der Waals surface area contributed by atoms with Crippen molar-refractivity contribution in [2.45, 2.75) is 37.0 Å². The first kappa shape index (κ1) is 15.6. The summed E-state index contributed by atoms with van der Waals surface area (Å²) in [6.07, 6.45) is 5.11. The molecule has 1 fully saturated rings. The molecule has 7 heteroatoms. The van der Waals surface area contributed by atoms with E-state index in [0.717, 1.165) is 25.7 Å². The van der Waals surface area contributed by atoms with Gasteiger partial charge in [0.2, 0.25) is 5.91 Å². The minimum Gasteiger partial charge on any atom is -0.326 e. The van der Waals surface area contributed by atoms with E-state index in [-0.39, 0.29) is 21.7 Å². The number of amides is 1. The molecule has 0 spiro atoms. The number of nitrogens with one attached hydrogen (secondary N) is 1. The van der Waals surface area contributed by atoms with E-state index in [0.29, 0.717) is 5.69 Å². The Balaban J connectivity index is 2.10. The molecule has 1 saturated carbocycles. The monoisotopic (exact) mass is 335 g/mol. The molecular weight excluding hydrogens is 321 g/mol. The third-order valence-electron chi connectivity index (χ3n) is 3.44. The van der Waals surface area contributed by atoms with Crippen molar-refractivity contribution in [3.8, 4) is 0 Å². The molecule has 1 N–H and O–H groups in total. The molecule has 1 aromatic rings. The zero-order valence-corrected chi connectivity index (χ0v) is 13.1. The molecular formula is C13H15Cl2NO3S. The quantitative estimate of drug-likeness (QED) is 0.854. The molecule has 0 bridgehead atoms. The van der Waals surface area contributed by atoms with E-state index in [9.17, 15) is 13.2 Å². The Morgan fingerprint density at radius 2 is 1.85 bits per heavy atom. The number of hydrogen-bond acceptors (Lipinski definition) is 3. The summed E-state index contributed by atoms with van der Waals surface area (Å²) < 4.78 is 22.5. The smallest absolute Gasteiger partial charge is 0.262 e. The lowest BCUT2D eigenvalue weighted by Crippen LogP contribution is -2.24. The van der Waals surface area contributed by atoms with Gasteiger partial charge in [-0.3, -0.25) is 4.79 Å². The molecule has 2 rings (SSSR count). The van der Waals surface area contributed by atoms with Gasteiger partial charge >= 0.3 is 0 Å². The lowest BCUT2D eigenvalue weighted by Gasteiger charge is -2.20. The highest BCUT2D eigenvalue weighted by Gasteiger charge is 2.22. The van der Waals surface area contributed by atoms with Crippen molar-refractivity contribution >= 4 is 42.9 Å². The van der Waals surface area contributed by atoms with E-state index in [1.807, 2.05) is 0 Å². The maximum absolute atomic E-state index is 12.1. The van der Waals surface area contributed by atoms with Gasteiger partial charge in [0.1, 0.15) is 4.90 Å². The number of benzene rings is 1. The largest absolute Gasteiger partial charge is 0.326 e. The first-order valence-electron chi connectivity index (χ1n) is 6.43. The van der Waals surface area contributed by atoms with Crippen molar-refractivity contribution in [1.29, 1.82) is 0 Å². The molecule has 0 aliphatic heterocycles. The maximum Gasteiger partial charge on any atom is 0.262 e. The molecule has 0 heterocycles. The van der Waals surface area contributed by atoms with E-state index in [1.165, 1.54) is 24.6 Å². The lowest BCUT2D eigenvalue weighted by atomic mass is 9.88. The SMILES string of the molecule is O=C(Nc1ccc(S(=O)(=O)Cl)c(Cl)c1)C1CCCCC1. The highest BCUT2D eigenvalue weighted by atomic mass is 35.7. The van der Waals surface area contributed by atoms with E-state index in [2.05, 4.69) is 5.32 Å². The number of anilines is 1. The van der Waals surface area contributed by atoms with Crippen molar-refractivity contribution in [3.05, 3.63) is 23.2 Å². The number of carbonyl (C=O) groups excluding carboxylic acids is 1. The third-order valence-corrected chi connectivity index (χ3v) is 5.24. The van der Waals surface area contributed by atoms with Crippen molar-refractivity contribution in [2.75, 3.05) is 5.32 Å². The van der Waals surface area contributed by atoms with Gasteiger partial charge in [-0.15, -0.1) is 0 Å². The van der Waals surface area contributed by atoms with Crippen molar-refractivity contribution in [1.82, 2.24) is 0 Å². The Kier molecular flexibility index (Phi) is 4.94. The van der Waals surface area contributed by atoms with Crippen LogP contribution in [-0.4, -0.2) is 14.3 Å². The van der Waals surface area contributed by atoms with Crippen LogP contribution in [0.15, 0.2) is 23.1 Å². The summed E-state index contributed by atoms with van der Waals surface area (Å²) in [6.45, 7) is 0. The Labute approximate surface area is 127 Å². The number of carbonyl (C=O) groups is 1. The predicted molar refractivity (Wildman–Crippen MR) is 79.7 cm³/mol. The number of hydrogen-bond donors (Lipinski definition) is 1. The summed E-state index contributed by atoms with van der Waals surface area (Å²) in [5.74, 6) is -0.0128. The van der Waals surface area contributed by atoms with Crippen molar-refractivity contribution in [3.63, 3.8) is 0 Å². The first-order chi connectivity index (χ1) is 9.38. The minimum atomic E-state index is -3.87. The standard InChI is InChI=1S/C13H15Cl2NO3S/c14-11-8-10(6-7-12(11)20(15,18)19)16-13(17)9-4-2-1-3-5-9/h6-9H,1-5H2,(H,16,17). The van der Waals surface area contributed by atoms with Gasteiger partial charge in [-0.1, -0.05) is 30.9 Å². The topological polar surface area (TPSA) is 63.2 Å². The zero-order chi connectivity index (χ0) is 14.8. The molecule has 1 aliphatic carbocycles. The van der Waals surface area contributed by atoms with E-state index >= 15 is 0 Å². The summed E-state index contributed by atoms with van der Waals surface area (Å²) in [4.78, 5) is 11.9. The molecule has 1 amide bonds. The van der Waals surface area contributed by atoms with Crippen LogP contribution in [0.4, 0.5) is 5.69 Å². The van der Waals surface area contributed by atoms with Crippen LogP contribution in [0.2, 0.25) is 5.02 Å². The van der Waals surface area contributed by atoms with E-state index < -0.39 is 9.05 Å². The van der Waals surface area contributed by atoms with Crippen molar-refractivity contribution < 1.29 is 13.2 Å². The Bertz CT molecular complexity index is 610. The average molecular weight is 336 g/mol. The van der Waals surface area contributed by atoms with Crippen LogP contribution in [0.1, 0.15) is 32.1 Å². The van der Waals surface area contributed by atoms with Crippen LogP contribution in [0.3, 0.4) is 0 Å². The molecule has 0 radical (unpaired) electrons.